The molecule has 0 aliphatic heterocycles. The molecule has 2 heteroatoms. The third kappa shape index (κ3) is 4.33. The number of ether oxygens (including phenoxy) is 1. The Bertz CT molecular complexity index is 705. The number of allylic oxidation sites excluding steroid dienone is 4. The predicted molar refractivity (Wildman–Crippen MR) is 118 cm³/mol. The van der Waals surface area contributed by atoms with Crippen molar-refractivity contribution in [1.29, 1.82) is 0 Å². The minimum absolute atomic E-state index is 0.0601. The van der Waals surface area contributed by atoms with Gasteiger partial charge >= 0.3 is 0 Å². The number of benzene rings is 1. The van der Waals surface area contributed by atoms with Gasteiger partial charge in [-0.3, -0.25) is 0 Å². The van der Waals surface area contributed by atoms with Crippen molar-refractivity contribution in [1.82, 2.24) is 0 Å². The molecule has 1 aromatic rings. The summed E-state index contributed by atoms with van der Waals surface area (Å²) < 4.78 is 5.99. The van der Waals surface area contributed by atoms with E-state index in [0.29, 0.717) is 11.5 Å². The van der Waals surface area contributed by atoms with Crippen LogP contribution in [0.2, 0.25) is 25.2 Å². The first-order valence-corrected chi connectivity index (χ1v) is 13.4. The van der Waals surface area contributed by atoms with Gasteiger partial charge in [-0.2, -0.15) is 0 Å². The predicted octanol–water partition coefficient (Wildman–Crippen LogP) is 7.33. The van der Waals surface area contributed by atoms with E-state index in [1.807, 2.05) is 7.11 Å². The Morgan fingerprint density at radius 1 is 1.00 bits per heavy atom. The molecule has 0 saturated carbocycles. The molecule has 0 aromatic heterocycles. The van der Waals surface area contributed by atoms with Crippen molar-refractivity contribution in [3.8, 4) is 5.75 Å². The van der Waals surface area contributed by atoms with Crippen molar-refractivity contribution >= 4 is 8.07 Å². The maximum Gasteiger partial charge on any atom is 0.126 e. The first-order valence-electron chi connectivity index (χ1n) is 9.84. The van der Waals surface area contributed by atoms with Gasteiger partial charge in [0.05, 0.1) is 15.2 Å². The Morgan fingerprint density at radius 2 is 1.62 bits per heavy atom. The van der Waals surface area contributed by atoms with Crippen molar-refractivity contribution in [3.63, 3.8) is 0 Å². The quantitative estimate of drug-likeness (QED) is 0.504. The Morgan fingerprint density at radius 3 is 2.04 bits per heavy atom. The zero-order valence-corrected chi connectivity index (χ0v) is 19.5. The van der Waals surface area contributed by atoms with Crippen LogP contribution in [0.15, 0.2) is 42.0 Å². The summed E-state index contributed by atoms with van der Waals surface area (Å²) in [6, 6.07) is 6.68. The lowest BCUT2D eigenvalue weighted by molar-refractivity contribution is 0.336. The molecule has 1 aromatic carbocycles. The van der Waals surface area contributed by atoms with E-state index in [4.69, 9.17) is 4.74 Å². The fraction of sp³-hybridized carbons (Fsp3) is 0.583. The summed E-state index contributed by atoms with van der Waals surface area (Å²) in [5, 5.41) is 0. The largest absolute Gasteiger partial charge is 0.496 e. The summed E-state index contributed by atoms with van der Waals surface area (Å²) in [7, 11) is 0.588. The van der Waals surface area contributed by atoms with Crippen LogP contribution in [-0.4, -0.2) is 15.2 Å². The monoisotopic (exact) mass is 370 g/mol. The van der Waals surface area contributed by atoms with Gasteiger partial charge in [-0.1, -0.05) is 97.6 Å². The van der Waals surface area contributed by atoms with E-state index in [2.05, 4.69) is 97.6 Å². The second kappa shape index (κ2) is 7.03. The summed E-state index contributed by atoms with van der Waals surface area (Å²) >= 11 is 0. The van der Waals surface area contributed by atoms with E-state index in [9.17, 15) is 0 Å². The summed E-state index contributed by atoms with van der Waals surface area (Å²) in [5.74, 6) is 1.39. The summed E-state index contributed by atoms with van der Waals surface area (Å²) in [4.78, 5) is 0. The van der Waals surface area contributed by atoms with Gasteiger partial charge in [0.1, 0.15) is 5.75 Å². The molecule has 26 heavy (non-hydrogen) atoms. The molecule has 0 saturated heterocycles. The standard InChI is InChI=1S/C24H38OSi/c1-23(2,3)20-13-11-12-19(22(20)25-7)21(24(4,5)6)17-14-15-18(16-17)26(8,9)10/h11-16,18,21H,1-10H3. The molecule has 0 N–H and O–H groups in total. The fourth-order valence-electron chi connectivity index (χ4n) is 4.01. The highest BCUT2D eigenvalue weighted by molar-refractivity contribution is 6.78. The second-order valence-electron chi connectivity index (χ2n) is 10.9. The lowest BCUT2D eigenvalue weighted by Gasteiger charge is -2.35. The second-order valence-corrected chi connectivity index (χ2v) is 16.3. The van der Waals surface area contributed by atoms with Crippen molar-refractivity contribution < 1.29 is 4.74 Å². The molecule has 1 aliphatic carbocycles. The Kier molecular flexibility index (Phi) is 5.69. The van der Waals surface area contributed by atoms with Crippen LogP contribution < -0.4 is 4.74 Å². The van der Waals surface area contributed by atoms with E-state index in [-0.39, 0.29) is 10.8 Å². The lowest BCUT2D eigenvalue weighted by Crippen LogP contribution is -2.25. The minimum Gasteiger partial charge on any atom is -0.496 e. The molecule has 1 aliphatic rings. The lowest BCUT2D eigenvalue weighted by atomic mass is 9.71. The summed E-state index contributed by atoms with van der Waals surface area (Å²) in [6.07, 6.45) is 7.34. The number of hydrogen-bond donors (Lipinski definition) is 0. The number of hydrogen-bond acceptors (Lipinski definition) is 1. The highest BCUT2D eigenvalue weighted by Gasteiger charge is 2.36. The summed E-state index contributed by atoms with van der Waals surface area (Å²) in [6.45, 7) is 21.2. The first-order chi connectivity index (χ1) is 11.8. The highest BCUT2D eigenvalue weighted by Crippen LogP contribution is 2.49. The van der Waals surface area contributed by atoms with Gasteiger partial charge in [0, 0.05) is 11.5 Å². The van der Waals surface area contributed by atoms with Crippen molar-refractivity contribution in [2.75, 3.05) is 7.11 Å². The highest BCUT2D eigenvalue weighted by atomic mass is 28.3. The van der Waals surface area contributed by atoms with Gasteiger partial charge in [-0.15, -0.1) is 0 Å². The Hall–Kier alpha value is -1.28. The molecule has 0 radical (unpaired) electrons. The topological polar surface area (TPSA) is 9.23 Å². The van der Waals surface area contributed by atoms with Gasteiger partial charge in [-0.25, -0.2) is 0 Å². The van der Waals surface area contributed by atoms with Gasteiger partial charge in [-0.05, 0) is 27.5 Å². The zero-order valence-electron chi connectivity index (χ0n) is 18.5. The average Bonchev–Trinajstić information content (AvgIpc) is 2.94. The van der Waals surface area contributed by atoms with Crippen LogP contribution in [0.5, 0.6) is 5.75 Å². The third-order valence-electron chi connectivity index (χ3n) is 5.44. The van der Waals surface area contributed by atoms with Crippen molar-refractivity contribution in [3.05, 3.63) is 53.1 Å². The van der Waals surface area contributed by atoms with Crippen molar-refractivity contribution in [2.45, 2.75) is 78.1 Å². The molecule has 0 heterocycles. The van der Waals surface area contributed by atoms with Crippen LogP contribution in [0.4, 0.5) is 0 Å². The summed E-state index contributed by atoms with van der Waals surface area (Å²) in [5.41, 5.74) is 4.86. The third-order valence-corrected chi connectivity index (χ3v) is 7.80. The molecule has 0 bridgehead atoms. The molecule has 1 nitrogen and oxygen atoms in total. The number of para-hydroxylation sites is 1. The SMILES string of the molecule is COc1c(C(C2=CC([Si](C)(C)C)C=C2)C(C)(C)C)cccc1C(C)(C)C. The molecule has 0 amide bonds. The first kappa shape index (κ1) is 21.0. The number of methoxy groups -OCH3 is 1. The van der Waals surface area contributed by atoms with Gasteiger partial charge < -0.3 is 4.74 Å². The molecule has 0 fully saturated rings. The molecule has 2 rings (SSSR count). The van der Waals surface area contributed by atoms with Crippen LogP contribution >= 0.6 is 0 Å². The van der Waals surface area contributed by atoms with Crippen LogP contribution in [0.25, 0.3) is 0 Å². The van der Waals surface area contributed by atoms with Crippen LogP contribution in [0.3, 0.4) is 0 Å². The minimum atomic E-state index is -1.23. The Labute approximate surface area is 162 Å². The molecule has 2 unspecified atom stereocenters. The van der Waals surface area contributed by atoms with Crippen LogP contribution in [-0.2, 0) is 5.41 Å². The molecule has 0 spiro atoms. The van der Waals surface area contributed by atoms with E-state index in [1.54, 1.807) is 0 Å². The van der Waals surface area contributed by atoms with Crippen LogP contribution in [0.1, 0.15) is 58.6 Å². The van der Waals surface area contributed by atoms with E-state index >= 15 is 0 Å². The van der Waals surface area contributed by atoms with E-state index in [0.717, 1.165) is 5.75 Å². The average molecular weight is 371 g/mol. The maximum atomic E-state index is 5.99. The van der Waals surface area contributed by atoms with Gasteiger partial charge in [0.2, 0.25) is 0 Å². The molecule has 2 atom stereocenters. The smallest absolute Gasteiger partial charge is 0.126 e. The van der Waals surface area contributed by atoms with Gasteiger partial charge in [0.15, 0.2) is 0 Å². The van der Waals surface area contributed by atoms with Gasteiger partial charge in [0.25, 0.3) is 0 Å². The fourth-order valence-corrected chi connectivity index (χ4v) is 5.38. The number of rotatable bonds is 4. The molecular formula is C24H38OSi. The maximum absolute atomic E-state index is 5.99. The zero-order chi connectivity index (χ0) is 19.9. The van der Waals surface area contributed by atoms with Crippen LogP contribution in [0, 0.1) is 5.41 Å². The van der Waals surface area contributed by atoms with Crippen molar-refractivity contribution in [2.24, 2.45) is 5.41 Å². The normalized spacial score (nSPS) is 19.5. The molecule has 144 valence electrons. The van der Waals surface area contributed by atoms with E-state index < -0.39 is 8.07 Å². The van der Waals surface area contributed by atoms with E-state index in [1.165, 1.54) is 16.7 Å². The molecular weight excluding hydrogens is 332 g/mol. The Balaban J connectivity index is 2.63.